The van der Waals surface area contributed by atoms with Crippen LogP contribution in [0.2, 0.25) is 0 Å². The van der Waals surface area contributed by atoms with Crippen molar-refractivity contribution in [1.82, 2.24) is 18.7 Å². The lowest BCUT2D eigenvalue weighted by Gasteiger charge is -2.24. The maximum atomic E-state index is 4.97. The molecule has 336 valence electrons. The number of fused-ring (bicyclic) bond motifs is 19. The minimum absolute atomic E-state index is 0.336. The Hall–Kier alpha value is -9.25. The molecule has 0 spiro atoms. The van der Waals surface area contributed by atoms with E-state index in [1.165, 1.54) is 109 Å². The van der Waals surface area contributed by atoms with Crippen molar-refractivity contribution < 1.29 is 0 Å². The molecular weight excluding hydrogens is 873 g/mol. The smallest absolute Gasteiger partial charge is 0.0963 e. The third-order valence-electron chi connectivity index (χ3n) is 16.2. The summed E-state index contributed by atoms with van der Waals surface area (Å²) in [5, 5.41) is 13.9. The van der Waals surface area contributed by atoms with Crippen LogP contribution in [-0.2, 0) is 5.41 Å². The molecule has 4 heteroatoms. The summed E-state index contributed by atoms with van der Waals surface area (Å²) in [4.78, 5) is 4.97. The van der Waals surface area contributed by atoms with Gasteiger partial charge in [0.05, 0.1) is 44.3 Å². The summed E-state index contributed by atoms with van der Waals surface area (Å²) in [6.45, 7) is 4.91. The monoisotopic (exact) mass is 916 g/mol. The number of aromatic nitrogens is 4. The first-order valence-corrected chi connectivity index (χ1v) is 25.0. The number of hydrogen-bond donors (Lipinski definition) is 0. The van der Waals surface area contributed by atoms with Crippen molar-refractivity contribution in [1.29, 1.82) is 0 Å². The van der Waals surface area contributed by atoms with Gasteiger partial charge in [-0.25, -0.2) is 0 Å². The van der Waals surface area contributed by atoms with Crippen molar-refractivity contribution in [2.75, 3.05) is 0 Å². The molecule has 4 heterocycles. The predicted octanol–water partition coefficient (Wildman–Crippen LogP) is 17.8. The van der Waals surface area contributed by atoms with Crippen LogP contribution in [0.25, 0.3) is 137 Å². The molecule has 1 aliphatic rings. The lowest BCUT2D eigenvalue weighted by atomic mass is 9.80. The fourth-order valence-electron chi connectivity index (χ4n) is 13.1. The normalized spacial score (nSPS) is 13.2. The van der Waals surface area contributed by atoms with Gasteiger partial charge in [-0.2, -0.15) is 0 Å². The van der Waals surface area contributed by atoms with Gasteiger partial charge in [-0.15, -0.1) is 0 Å². The molecule has 0 aliphatic heterocycles. The number of pyridine rings is 1. The largest absolute Gasteiger partial charge is 0.309 e. The molecule has 0 atom stereocenters. The quantitative estimate of drug-likeness (QED) is 0.162. The van der Waals surface area contributed by atoms with Crippen molar-refractivity contribution in [3.63, 3.8) is 0 Å². The molecule has 0 fully saturated rings. The van der Waals surface area contributed by atoms with Crippen LogP contribution in [0, 0.1) is 0 Å². The van der Waals surface area contributed by atoms with Gasteiger partial charge in [-0.05, 0) is 157 Å². The van der Waals surface area contributed by atoms with Gasteiger partial charge < -0.3 is 13.7 Å². The maximum absolute atomic E-state index is 4.97. The summed E-state index contributed by atoms with van der Waals surface area (Å²) in [6.07, 6.45) is 1.91. The summed E-state index contributed by atoms with van der Waals surface area (Å²) in [5.74, 6) is 0. The molecule has 15 aromatic rings. The molecule has 0 saturated heterocycles. The molecule has 4 nitrogen and oxygen atoms in total. The number of nitrogens with zero attached hydrogens (tertiary/aromatic N) is 4. The van der Waals surface area contributed by atoms with Gasteiger partial charge in [0.25, 0.3) is 0 Å². The molecule has 0 saturated carbocycles. The van der Waals surface area contributed by atoms with E-state index in [0.717, 1.165) is 38.9 Å². The lowest BCUT2D eigenvalue weighted by Crippen LogP contribution is -2.16. The number of hydrogen-bond acceptors (Lipinski definition) is 1. The molecule has 16 rings (SSSR count). The average molecular weight is 917 g/mol. The zero-order valence-corrected chi connectivity index (χ0v) is 39.7. The minimum Gasteiger partial charge on any atom is -0.309 e. The van der Waals surface area contributed by atoms with Crippen molar-refractivity contribution in [2.45, 2.75) is 19.3 Å². The van der Waals surface area contributed by atoms with Crippen LogP contribution in [0.1, 0.15) is 25.0 Å². The van der Waals surface area contributed by atoms with Crippen LogP contribution in [0.3, 0.4) is 0 Å². The Labute approximate surface area is 414 Å². The second kappa shape index (κ2) is 14.4. The number of para-hydroxylation sites is 3. The SMILES string of the molecule is CC1(C)c2cc3c4ccccc4c4ccccc4c3cc2-c2ccc3c4cc(-c5ccc6c(c5)c5ncccc5n6-c5ccccc5)ccc4n(-c4cccc5c4c4ccccc4n5-c4ccccc4)c3c21. The van der Waals surface area contributed by atoms with Gasteiger partial charge in [-0.3, -0.25) is 4.98 Å². The van der Waals surface area contributed by atoms with Crippen LogP contribution in [0.4, 0.5) is 0 Å². The summed E-state index contributed by atoms with van der Waals surface area (Å²) < 4.78 is 7.39. The molecule has 11 aromatic carbocycles. The first-order chi connectivity index (χ1) is 35.5. The van der Waals surface area contributed by atoms with E-state index in [1.807, 2.05) is 12.3 Å². The van der Waals surface area contributed by atoms with E-state index in [9.17, 15) is 0 Å². The number of rotatable bonds is 4. The third kappa shape index (κ3) is 5.22. The Kier molecular flexibility index (Phi) is 7.92. The fourth-order valence-corrected chi connectivity index (χ4v) is 13.1. The van der Waals surface area contributed by atoms with Gasteiger partial charge in [0.15, 0.2) is 0 Å². The van der Waals surface area contributed by atoms with Gasteiger partial charge in [-0.1, -0.05) is 147 Å². The highest BCUT2D eigenvalue weighted by Crippen LogP contribution is 2.55. The molecule has 0 N–H and O–H groups in total. The summed E-state index contributed by atoms with van der Waals surface area (Å²) in [7, 11) is 0. The standard InChI is InChI=1S/C68H44N4/c1-68(2)57-40-53-48-24-12-10-22-46(48)45-21-9-11-23-47(45)52(53)39-54(57)49-32-33-50-55-37-41(42-31-35-60-56(38-42)66-63(29-16-36-69-66)71(60)44-19-7-4-8-20-44)30-34-59(55)72(67(50)65(49)68)62-28-15-27-61-64(62)51-25-13-14-26-58(51)70(61)43-17-5-3-6-18-43/h3-40H,1-2H3. The highest BCUT2D eigenvalue weighted by Gasteiger charge is 2.39. The van der Waals surface area contributed by atoms with Crippen LogP contribution in [-0.4, -0.2) is 18.7 Å². The van der Waals surface area contributed by atoms with E-state index in [0.29, 0.717) is 0 Å². The van der Waals surface area contributed by atoms with E-state index in [-0.39, 0.29) is 5.41 Å². The highest BCUT2D eigenvalue weighted by atomic mass is 15.0. The molecule has 0 bridgehead atoms. The van der Waals surface area contributed by atoms with Crippen LogP contribution >= 0.6 is 0 Å². The average Bonchev–Trinajstić information content (AvgIpc) is 4.13. The Morgan fingerprint density at radius 1 is 0.347 bits per heavy atom. The zero-order chi connectivity index (χ0) is 47.4. The molecule has 0 amide bonds. The molecule has 72 heavy (non-hydrogen) atoms. The maximum Gasteiger partial charge on any atom is 0.0963 e. The van der Waals surface area contributed by atoms with Crippen molar-refractivity contribution in [3.8, 4) is 39.3 Å². The molecular formula is C68H44N4. The van der Waals surface area contributed by atoms with E-state index >= 15 is 0 Å². The van der Waals surface area contributed by atoms with Crippen LogP contribution < -0.4 is 0 Å². The molecule has 4 aromatic heterocycles. The summed E-state index contributed by atoms with van der Waals surface area (Å²) in [5.41, 5.74) is 18.9. The Morgan fingerprint density at radius 2 is 0.889 bits per heavy atom. The first kappa shape index (κ1) is 39.6. The topological polar surface area (TPSA) is 27.7 Å². The van der Waals surface area contributed by atoms with Crippen LogP contribution in [0.15, 0.2) is 231 Å². The second-order valence-electron chi connectivity index (χ2n) is 20.2. The van der Waals surface area contributed by atoms with Crippen molar-refractivity contribution in [2.24, 2.45) is 0 Å². The van der Waals surface area contributed by atoms with Gasteiger partial charge in [0, 0.05) is 49.9 Å². The van der Waals surface area contributed by atoms with Crippen molar-refractivity contribution >= 4 is 97.9 Å². The Balaban J connectivity index is 1.00. The highest BCUT2D eigenvalue weighted by molar-refractivity contribution is 6.27. The molecule has 1 aliphatic carbocycles. The second-order valence-corrected chi connectivity index (χ2v) is 20.2. The lowest BCUT2D eigenvalue weighted by molar-refractivity contribution is 0.665. The van der Waals surface area contributed by atoms with E-state index < -0.39 is 0 Å². The number of benzene rings is 11. The predicted molar refractivity (Wildman–Crippen MR) is 303 cm³/mol. The summed E-state index contributed by atoms with van der Waals surface area (Å²) >= 11 is 0. The zero-order valence-electron chi connectivity index (χ0n) is 39.7. The fraction of sp³-hybridized carbons (Fsp3) is 0.0441. The first-order valence-electron chi connectivity index (χ1n) is 25.0. The van der Waals surface area contributed by atoms with Gasteiger partial charge in [0.1, 0.15) is 0 Å². The Morgan fingerprint density at radius 3 is 1.58 bits per heavy atom. The summed E-state index contributed by atoms with van der Waals surface area (Å²) in [6, 6.07) is 83.3. The Bertz CT molecular complexity index is 4820. The van der Waals surface area contributed by atoms with Gasteiger partial charge >= 0.3 is 0 Å². The van der Waals surface area contributed by atoms with Crippen molar-refractivity contribution in [3.05, 3.63) is 242 Å². The molecule has 0 radical (unpaired) electrons. The molecule has 0 unspecified atom stereocenters. The van der Waals surface area contributed by atoms with E-state index in [1.54, 1.807) is 0 Å². The van der Waals surface area contributed by atoms with Crippen LogP contribution in [0.5, 0.6) is 0 Å². The van der Waals surface area contributed by atoms with E-state index in [2.05, 4.69) is 246 Å². The van der Waals surface area contributed by atoms with E-state index in [4.69, 9.17) is 4.98 Å². The van der Waals surface area contributed by atoms with Gasteiger partial charge in [0.2, 0.25) is 0 Å². The third-order valence-corrected chi connectivity index (χ3v) is 16.2. The minimum atomic E-state index is -0.336.